The van der Waals surface area contributed by atoms with Crippen molar-refractivity contribution in [3.8, 4) is 0 Å². The first-order valence-electron chi connectivity index (χ1n) is 9.24. The minimum atomic E-state index is -3.29. The van der Waals surface area contributed by atoms with Crippen LogP contribution in [0.4, 0.5) is 0 Å². The highest BCUT2D eigenvalue weighted by Crippen LogP contribution is 2.14. The lowest BCUT2D eigenvalue weighted by Gasteiger charge is -2.34. The quantitative estimate of drug-likeness (QED) is 0.300. The van der Waals surface area contributed by atoms with Gasteiger partial charge in [-0.05, 0) is 39.5 Å². The normalized spacial score (nSPS) is 23.4. The highest BCUT2D eigenvalue weighted by Gasteiger charge is 2.30. The third kappa shape index (κ3) is 9.70. The molecule has 0 aromatic carbocycles. The molecule has 1 fully saturated rings. The maximum atomic E-state index is 12.5. The van der Waals surface area contributed by atoms with E-state index in [1.807, 2.05) is 13.8 Å². The fourth-order valence-electron chi connectivity index (χ4n) is 2.87. The number of sulfonamides is 1. The summed E-state index contributed by atoms with van der Waals surface area (Å²) in [7, 11) is -1.60. The Morgan fingerprint density at radius 2 is 1.77 bits per heavy atom. The maximum absolute atomic E-state index is 12.5. The highest BCUT2D eigenvalue weighted by molar-refractivity contribution is 14.0. The molecule has 7 nitrogen and oxygen atoms in total. The summed E-state index contributed by atoms with van der Waals surface area (Å²) in [5, 5.41) is 6.42. The van der Waals surface area contributed by atoms with Gasteiger partial charge in [0.1, 0.15) is 0 Å². The average molecular weight is 504 g/mol. The van der Waals surface area contributed by atoms with Gasteiger partial charge in [0.15, 0.2) is 5.96 Å². The maximum Gasteiger partial charge on any atom is 0.216 e. The molecule has 0 amide bonds. The van der Waals surface area contributed by atoms with Crippen molar-refractivity contribution in [3.05, 3.63) is 0 Å². The summed E-state index contributed by atoms with van der Waals surface area (Å²) in [5.74, 6) is 1.37. The zero-order chi connectivity index (χ0) is 19.0. The summed E-state index contributed by atoms with van der Waals surface area (Å²) in [6.45, 7) is 11.5. The van der Waals surface area contributed by atoms with E-state index in [2.05, 4.69) is 36.4 Å². The van der Waals surface area contributed by atoms with Crippen molar-refractivity contribution in [1.29, 1.82) is 0 Å². The molecule has 2 N–H and O–H groups in total. The summed E-state index contributed by atoms with van der Waals surface area (Å²) in [5.41, 5.74) is 0. The highest BCUT2D eigenvalue weighted by atomic mass is 127. The molecule has 0 spiro atoms. The Labute approximate surface area is 176 Å². The Morgan fingerprint density at radius 1 is 1.19 bits per heavy atom. The van der Waals surface area contributed by atoms with E-state index < -0.39 is 10.0 Å². The third-order valence-corrected chi connectivity index (χ3v) is 6.02. The molecule has 26 heavy (non-hydrogen) atoms. The van der Waals surface area contributed by atoms with Gasteiger partial charge in [-0.15, -0.1) is 24.0 Å². The van der Waals surface area contributed by atoms with Crippen LogP contribution in [0, 0.1) is 5.92 Å². The minimum Gasteiger partial charge on any atom is -0.373 e. The first kappa shape index (κ1) is 25.9. The summed E-state index contributed by atoms with van der Waals surface area (Å²) < 4.78 is 32.2. The second kappa shape index (κ2) is 12.4. The van der Waals surface area contributed by atoms with Crippen molar-refractivity contribution in [2.75, 3.05) is 32.4 Å². The van der Waals surface area contributed by atoms with Crippen molar-refractivity contribution < 1.29 is 13.2 Å². The summed E-state index contributed by atoms with van der Waals surface area (Å²) in [6, 6.07) is 0.297. The predicted octanol–water partition coefficient (Wildman–Crippen LogP) is 2.03. The fourth-order valence-corrected chi connectivity index (χ4v) is 4.36. The van der Waals surface area contributed by atoms with Gasteiger partial charge in [0.25, 0.3) is 0 Å². The van der Waals surface area contributed by atoms with E-state index in [0.29, 0.717) is 37.6 Å². The lowest BCUT2D eigenvalue weighted by molar-refractivity contribution is -0.0440. The molecule has 1 aliphatic rings. The van der Waals surface area contributed by atoms with Crippen molar-refractivity contribution >= 4 is 40.0 Å². The number of aliphatic imine (C=N–C) groups is 1. The Balaban J connectivity index is 0.00000625. The van der Waals surface area contributed by atoms with Gasteiger partial charge in [0, 0.05) is 32.7 Å². The van der Waals surface area contributed by atoms with Crippen molar-refractivity contribution in [1.82, 2.24) is 14.9 Å². The number of morpholine rings is 1. The zero-order valence-electron chi connectivity index (χ0n) is 17.0. The van der Waals surface area contributed by atoms with Gasteiger partial charge < -0.3 is 15.4 Å². The van der Waals surface area contributed by atoms with E-state index in [4.69, 9.17) is 4.74 Å². The summed E-state index contributed by atoms with van der Waals surface area (Å²) in [4.78, 5) is 4.18. The van der Waals surface area contributed by atoms with Crippen LogP contribution in [0.1, 0.15) is 47.5 Å². The van der Waals surface area contributed by atoms with E-state index in [0.717, 1.165) is 12.8 Å². The lowest BCUT2D eigenvalue weighted by Crippen LogP contribution is -2.50. The van der Waals surface area contributed by atoms with Crippen LogP contribution in [0.3, 0.4) is 0 Å². The van der Waals surface area contributed by atoms with E-state index in [-0.39, 0.29) is 41.9 Å². The van der Waals surface area contributed by atoms with E-state index >= 15 is 0 Å². The van der Waals surface area contributed by atoms with E-state index in [1.165, 1.54) is 4.31 Å². The number of nitrogens with one attached hydrogen (secondary N) is 2. The minimum absolute atomic E-state index is 0. The van der Waals surface area contributed by atoms with Crippen molar-refractivity contribution in [2.45, 2.75) is 65.7 Å². The Hall–Kier alpha value is -0.130. The lowest BCUT2D eigenvalue weighted by atomic mass is 10.0. The standard InChI is InChI=1S/C17H36N4O3S.HI/c1-13(2)7-8-14(3)20-17(18-6)19-9-10-25(22,23)21-11-15(4)24-16(5)12-21;/h13-16H,7-12H2,1-6H3,(H2,18,19,20);1H. The second-order valence-corrected chi connectivity index (χ2v) is 9.49. The molecule has 0 aliphatic carbocycles. The monoisotopic (exact) mass is 504 g/mol. The topological polar surface area (TPSA) is 83.0 Å². The van der Waals surface area contributed by atoms with Gasteiger partial charge in [-0.3, -0.25) is 4.99 Å². The molecular formula is C17H37IN4O3S. The number of halogens is 1. The second-order valence-electron chi connectivity index (χ2n) is 7.41. The van der Waals surface area contributed by atoms with Crippen molar-refractivity contribution in [2.24, 2.45) is 10.9 Å². The van der Waals surface area contributed by atoms with Gasteiger partial charge >= 0.3 is 0 Å². The van der Waals surface area contributed by atoms with E-state index in [1.54, 1.807) is 7.05 Å². The number of guanidine groups is 1. The molecule has 3 atom stereocenters. The number of ether oxygens (including phenoxy) is 1. The van der Waals surface area contributed by atoms with Gasteiger partial charge in [0.2, 0.25) is 10.0 Å². The van der Waals surface area contributed by atoms with Gasteiger partial charge in [-0.2, -0.15) is 4.31 Å². The SMILES string of the molecule is CN=C(NCCS(=O)(=O)N1CC(C)OC(C)C1)NC(C)CCC(C)C.I. The molecule has 1 heterocycles. The molecule has 1 rings (SSSR count). The Kier molecular flexibility index (Phi) is 12.3. The van der Waals surface area contributed by atoms with Gasteiger partial charge in [-0.25, -0.2) is 8.42 Å². The fraction of sp³-hybridized carbons (Fsp3) is 0.941. The molecular weight excluding hydrogens is 467 g/mol. The molecule has 0 bridgehead atoms. The van der Waals surface area contributed by atoms with Crippen LogP contribution in [0.5, 0.6) is 0 Å². The molecule has 1 saturated heterocycles. The molecule has 0 radical (unpaired) electrons. The smallest absolute Gasteiger partial charge is 0.216 e. The molecule has 9 heteroatoms. The van der Waals surface area contributed by atoms with Gasteiger partial charge in [0.05, 0.1) is 18.0 Å². The van der Waals surface area contributed by atoms with Crippen molar-refractivity contribution in [3.63, 3.8) is 0 Å². The largest absolute Gasteiger partial charge is 0.373 e. The van der Waals surface area contributed by atoms with Crippen LogP contribution in [-0.4, -0.2) is 69.4 Å². The summed E-state index contributed by atoms with van der Waals surface area (Å²) in [6.07, 6.45) is 2.07. The van der Waals surface area contributed by atoms with Crippen LogP contribution >= 0.6 is 24.0 Å². The van der Waals surface area contributed by atoms with Gasteiger partial charge in [-0.1, -0.05) is 13.8 Å². The first-order valence-corrected chi connectivity index (χ1v) is 10.9. The number of nitrogens with zero attached hydrogens (tertiary/aromatic N) is 2. The molecule has 0 aromatic heterocycles. The first-order chi connectivity index (χ1) is 11.6. The van der Waals surface area contributed by atoms with Crippen LogP contribution in [0.2, 0.25) is 0 Å². The number of hydrogen-bond donors (Lipinski definition) is 2. The van der Waals surface area contributed by atoms with Crippen LogP contribution in [0.15, 0.2) is 4.99 Å². The summed E-state index contributed by atoms with van der Waals surface area (Å²) >= 11 is 0. The molecule has 3 unspecified atom stereocenters. The third-order valence-electron chi connectivity index (χ3n) is 4.22. The number of rotatable bonds is 8. The van der Waals surface area contributed by atoms with Crippen LogP contribution < -0.4 is 10.6 Å². The molecule has 0 aromatic rings. The predicted molar refractivity (Wildman–Crippen MR) is 119 cm³/mol. The Bertz CT molecular complexity index is 518. The zero-order valence-corrected chi connectivity index (χ0v) is 20.1. The molecule has 0 saturated carbocycles. The molecule has 1 aliphatic heterocycles. The number of hydrogen-bond acceptors (Lipinski definition) is 4. The van der Waals surface area contributed by atoms with Crippen LogP contribution in [0.25, 0.3) is 0 Å². The average Bonchev–Trinajstić information content (AvgIpc) is 2.50. The van der Waals surface area contributed by atoms with Crippen LogP contribution in [-0.2, 0) is 14.8 Å². The Morgan fingerprint density at radius 3 is 2.27 bits per heavy atom. The van der Waals surface area contributed by atoms with E-state index in [9.17, 15) is 8.42 Å². The molecule has 156 valence electrons.